The van der Waals surface area contributed by atoms with Gasteiger partial charge in [-0.05, 0) is 86.4 Å². The zero-order valence-electron chi connectivity index (χ0n) is 15.5. The van der Waals surface area contributed by atoms with Crippen LogP contribution in [0.1, 0.15) is 72.1 Å². The van der Waals surface area contributed by atoms with Crippen LogP contribution in [0.2, 0.25) is 0 Å². The van der Waals surface area contributed by atoms with Crippen molar-refractivity contribution in [2.75, 3.05) is 0 Å². The quantitative estimate of drug-likeness (QED) is 0.771. The fraction of sp³-hybridized carbons (Fsp3) is 0.952. The first-order valence-electron chi connectivity index (χ1n) is 10.2. The van der Waals surface area contributed by atoms with Gasteiger partial charge >= 0.3 is 0 Å². The Bertz CT molecular complexity index is 529. The Morgan fingerprint density at radius 2 is 1.71 bits per heavy atom. The maximum atomic E-state index is 13.0. The number of aliphatic hydroxyl groups is 2. The van der Waals surface area contributed by atoms with Gasteiger partial charge in [0.15, 0.2) is 0 Å². The van der Waals surface area contributed by atoms with Crippen molar-refractivity contribution in [1.29, 1.82) is 0 Å². The molecule has 0 amide bonds. The molecule has 24 heavy (non-hydrogen) atoms. The van der Waals surface area contributed by atoms with Gasteiger partial charge in [0.1, 0.15) is 5.78 Å². The minimum Gasteiger partial charge on any atom is -0.393 e. The molecule has 0 aliphatic heterocycles. The van der Waals surface area contributed by atoms with Crippen molar-refractivity contribution in [1.82, 2.24) is 0 Å². The number of Topliss-reactive ketones (excluding diaryl/α,β-unsaturated/α-hetero) is 1. The summed E-state index contributed by atoms with van der Waals surface area (Å²) in [5.41, 5.74) is 0.316. The molecular weight excluding hydrogens is 300 g/mol. The first-order valence-corrected chi connectivity index (χ1v) is 10.2. The Kier molecular flexibility index (Phi) is 3.93. The van der Waals surface area contributed by atoms with Gasteiger partial charge < -0.3 is 10.2 Å². The molecule has 136 valence electrons. The molecule has 0 spiro atoms. The van der Waals surface area contributed by atoms with Gasteiger partial charge in [-0.25, -0.2) is 0 Å². The van der Waals surface area contributed by atoms with Gasteiger partial charge in [0, 0.05) is 12.3 Å². The fourth-order valence-corrected chi connectivity index (χ4v) is 7.85. The van der Waals surface area contributed by atoms with Crippen LogP contribution in [0.3, 0.4) is 0 Å². The van der Waals surface area contributed by atoms with Crippen molar-refractivity contribution in [3.63, 3.8) is 0 Å². The highest BCUT2D eigenvalue weighted by Gasteiger charge is 2.62. The zero-order chi connectivity index (χ0) is 17.3. The van der Waals surface area contributed by atoms with E-state index in [4.69, 9.17) is 0 Å². The molecule has 0 aromatic rings. The summed E-state index contributed by atoms with van der Waals surface area (Å²) < 4.78 is 0. The molecule has 2 N–H and O–H groups in total. The van der Waals surface area contributed by atoms with Crippen LogP contribution in [-0.4, -0.2) is 28.2 Å². The number of fused-ring (bicyclic) bond motifs is 5. The van der Waals surface area contributed by atoms with Gasteiger partial charge in [-0.1, -0.05) is 13.8 Å². The zero-order valence-corrected chi connectivity index (χ0v) is 15.5. The predicted molar refractivity (Wildman–Crippen MR) is 93.3 cm³/mol. The van der Waals surface area contributed by atoms with Crippen LogP contribution in [0.25, 0.3) is 0 Å². The van der Waals surface area contributed by atoms with E-state index in [9.17, 15) is 15.0 Å². The molecule has 4 saturated carbocycles. The summed E-state index contributed by atoms with van der Waals surface area (Å²) in [7, 11) is 0. The highest BCUT2D eigenvalue weighted by atomic mass is 16.3. The third-order valence-electron chi connectivity index (χ3n) is 9.09. The standard InChI is InChI=1S/C21H34O3/c1-12(22)15-4-5-16-14-11-19(24)18-10-13(23)6-8-21(18,3)17(14)7-9-20(15,16)2/h12-18,22-23H,4-11H2,1-3H3/t12-,13+,14-,15-,16+,17+,18-,20-,21+/m1/s1. The topological polar surface area (TPSA) is 57.5 Å². The van der Waals surface area contributed by atoms with Crippen LogP contribution in [-0.2, 0) is 4.79 Å². The van der Waals surface area contributed by atoms with Gasteiger partial charge in [0.05, 0.1) is 12.2 Å². The van der Waals surface area contributed by atoms with E-state index in [2.05, 4.69) is 13.8 Å². The number of rotatable bonds is 1. The number of carbonyl (C=O) groups is 1. The van der Waals surface area contributed by atoms with E-state index in [0.29, 0.717) is 35.9 Å². The molecular formula is C21H34O3. The summed E-state index contributed by atoms with van der Waals surface area (Å²) in [5, 5.41) is 20.4. The van der Waals surface area contributed by atoms with Crippen LogP contribution in [0.15, 0.2) is 0 Å². The highest BCUT2D eigenvalue weighted by Crippen LogP contribution is 2.67. The largest absolute Gasteiger partial charge is 0.393 e. The molecule has 0 aromatic carbocycles. The minimum absolute atomic E-state index is 0.0841. The average Bonchev–Trinajstić information content (AvgIpc) is 2.87. The summed E-state index contributed by atoms with van der Waals surface area (Å²) in [6.45, 7) is 6.69. The lowest BCUT2D eigenvalue weighted by Crippen LogP contribution is -2.57. The van der Waals surface area contributed by atoms with Gasteiger partial charge in [-0.3, -0.25) is 4.79 Å². The maximum absolute atomic E-state index is 13.0. The first-order chi connectivity index (χ1) is 11.3. The van der Waals surface area contributed by atoms with Crippen molar-refractivity contribution in [3.05, 3.63) is 0 Å². The summed E-state index contributed by atoms with van der Waals surface area (Å²) in [6.07, 6.45) is 7.49. The van der Waals surface area contributed by atoms with E-state index in [1.54, 1.807) is 0 Å². The van der Waals surface area contributed by atoms with Gasteiger partial charge in [-0.15, -0.1) is 0 Å². The lowest BCUT2D eigenvalue weighted by Gasteiger charge is -2.60. The normalized spacial score (nSPS) is 55.5. The molecule has 0 saturated heterocycles. The van der Waals surface area contributed by atoms with Crippen molar-refractivity contribution < 1.29 is 15.0 Å². The van der Waals surface area contributed by atoms with Crippen molar-refractivity contribution >= 4 is 5.78 Å². The van der Waals surface area contributed by atoms with E-state index in [0.717, 1.165) is 25.7 Å². The Morgan fingerprint density at radius 3 is 2.42 bits per heavy atom. The average molecular weight is 335 g/mol. The number of hydrogen-bond donors (Lipinski definition) is 2. The van der Waals surface area contributed by atoms with E-state index < -0.39 is 0 Å². The van der Waals surface area contributed by atoms with E-state index >= 15 is 0 Å². The van der Waals surface area contributed by atoms with Crippen molar-refractivity contribution in [3.8, 4) is 0 Å². The summed E-state index contributed by atoms with van der Waals surface area (Å²) in [4.78, 5) is 13.0. The molecule has 4 aliphatic rings. The third-order valence-corrected chi connectivity index (χ3v) is 9.09. The number of hydrogen-bond acceptors (Lipinski definition) is 3. The Morgan fingerprint density at radius 1 is 1.04 bits per heavy atom. The Hall–Kier alpha value is -0.410. The van der Waals surface area contributed by atoms with E-state index in [1.807, 2.05) is 6.92 Å². The van der Waals surface area contributed by atoms with Crippen LogP contribution >= 0.6 is 0 Å². The summed E-state index contributed by atoms with van der Waals surface area (Å²) in [5.74, 6) is 2.65. The van der Waals surface area contributed by atoms with Crippen LogP contribution in [0.4, 0.5) is 0 Å². The molecule has 4 rings (SSSR count). The Labute approximate surface area is 146 Å². The molecule has 3 heteroatoms. The SMILES string of the molecule is C[C@@H](O)[C@H]1CC[C@H]2[C@H]3CC(=O)[C@H]4C[C@@H](O)CC[C@@]4(C)[C@H]3CC[C@]12C. The lowest BCUT2D eigenvalue weighted by atomic mass is 9.44. The molecule has 0 heterocycles. The smallest absolute Gasteiger partial charge is 0.136 e. The van der Waals surface area contributed by atoms with Crippen LogP contribution in [0.5, 0.6) is 0 Å². The lowest BCUT2D eigenvalue weighted by molar-refractivity contribution is -0.160. The van der Waals surface area contributed by atoms with Gasteiger partial charge in [0.2, 0.25) is 0 Å². The highest BCUT2D eigenvalue weighted by molar-refractivity contribution is 5.83. The van der Waals surface area contributed by atoms with Gasteiger partial charge in [-0.2, -0.15) is 0 Å². The second-order valence-corrected chi connectivity index (χ2v) is 10.0. The first kappa shape index (κ1) is 17.0. The Balaban J connectivity index is 1.66. The minimum atomic E-state index is -0.275. The second-order valence-electron chi connectivity index (χ2n) is 10.0. The van der Waals surface area contributed by atoms with Crippen LogP contribution < -0.4 is 0 Å². The number of aliphatic hydroxyl groups excluding tert-OH is 2. The third kappa shape index (κ3) is 2.19. The molecule has 9 atom stereocenters. The molecule has 4 fully saturated rings. The van der Waals surface area contributed by atoms with Crippen LogP contribution in [0, 0.1) is 40.4 Å². The van der Waals surface area contributed by atoms with E-state index in [1.165, 1.54) is 19.3 Å². The molecule has 0 aromatic heterocycles. The summed E-state index contributed by atoms with van der Waals surface area (Å²) in [6, 6.07) is 0. The predicted octanol–water partition coefficient (Wildman–Crippen LogP) is 3.57. The monoisotopic (exact) mass is 334 g/mol. The second kappa shape index (κ2) is 5.54. The molecule has 0 bridgehead atoms. The molecule has 3 nitrogen and oxygen atoms in total. The summed E-state index contributed by atoms with van der Waals surface area (Å²) >= 11 is 0. The maximum Gasteiger partial charge on any atom is 0.136 e. The fourth-order valence-electron chi connectivity index (χ4n) is 7.85. The molecule has 0 unspecified atom stereocenters. The van der Waals surface area contributed by atoms with Crippen molar-refractivity contribution in [2.45, 2.75) is 84.3 Å². The molecule has 0 radical (unpaired) electrons. The number of ketones is 1. The van der Waals surface area contributed by atoms with Gasteiger partial charge in [0.25, 0.3) is 0 Å². The number of carbonyl (C=O) groups excluding carboxylic acids is 1. The van der Waals surface area contributed by atoms with Crippen molar-refractivity contribution in [2.24, 2.45) is 40.4 Å². The molecule has 4 aliphatic carbocycles. The van der Waals surface area contributed by atoms with E-state index in [-0.39, 0.29) is 29.0 Å².